The van der Waals surface area contributed by atoms with E-state index in [-0.39, 0.29) is 6.61 Å². The number of hydrogen-bond donors (Lipinski definition) is 1. The molecule has 0 aliphatic rings. The van der Waals surface area contributed by atoms with Crippen LogP contribution in [0.3, 0.4) is 0 Å². The van der Waals surface area contributed by atoms with Crippen LogP contribution >= 0.6 is 0 Å². The topological polar surface area (TPSA) is 47.3 Å². The van der Waals surface area contributed by atoms with Crippen molar-refractivity contribution in [3.63, 3.8) is 0 Å². The number of benzene rings is 1. The predicted molar refractivity (Wildman–Crippen MR) is 65.9 cm³/mol. The maximum Gasteiger partial charge on any atom is 0.416 e. The first-order valence-corrected chi connectivity index (χ1v) is 5.86. The van der Waals surface area contributed by atoms with Crippen molar-refractivity contribution in [1.82, 2.24) is 9.78 Å². The monoisotopic (exact) mass is 286 g/mol. The number of hydrogen-bond acceptors (Lipinski definition) is 3. The van der Waals surface area contributed by atoms with Crippen molar-refractivity contribution in [3.05, 3.63) is 41.6 Å². The molecule has 0 unspecified atom stereocenters. The van der Waals surface area contributed by atoms with Gasteiger partial charge in [0.05, 0.1) is 24.6 Å². The Hall–Kier alpha value is -2.02. The molecule has 0 bridgehead atoms. The minimum absolute atomic E-state index is 0.0605. The van der Waals surface area contributed by atoms with E-state index in [2.05, 4.69) is 5.10 Å². The van der Waals surface area contributed by atoms with E-state index in [1.807, 2.05) is 0 Å². The molecular weight excluding hydrogens is 273 g/mol. The van der Waals surface area contributed by atoms with Crippen LogP contribution in [0.4, 0.5) is 13.2 Å². The van der Waals surface area contributed by atoms with Crippen LogP contribution in [0.2, 0.25) is 0 Å². The summed E-state index contributed by atoms with van der Waals surface area (Å²) >= 11 is 0. The normalized spacial score (nSPS) is 11.7. The highest BCUT2D eigenvalue weighted by molar-refractivity contribution is 5.40. The highest BCUT2D eigenvalue weighted by atomic mass is 19.4. The van der Waals surface area contributed by atoms with E-state index in [0.717, 1.165) is 12.1 Å². The number of nitrogens with zero attached hydrogens (tertiary/aromatic N) is 2. The summed E-state index contributed by atoms with van der Waals surface area (Å²) in [5.74, 6) is 0.402. The molecule has 0 aliphatic carbocycles. The van der Waals surface area contributed by atoms with Gasteiger partial charge in [0.25, 0.3) is 0 Å². The lowest BCUT2D eigenvalue weighted by Crippen LogP contribution is -2.06. The Morgan fingerprint density at radius 2 is 1.90 bits per heavy atom. The second-order valence-electron chi connectivity index (χ2n) is 4.11. The highest BCUT2D eigenvalue weighted by Crippen LogP contribution is 2.30. The molecule has 7 heteroatoms. The Kier molecular flexibility index (Phi) is 3.99. The van der Waals surface area contributed by atoms with Gasteiger partial charge >= 0.3 is 6.18 Å². The average molecular weight is 286 g/mol. The third kappa shape index (κ3) is 2.77. The van der Waals surface area contributed by atoms with Crippen LogP contribution in [0.15, 0.2) is 30.5 Å². The van der Waals surface area contributed by atoms with Crippen LogP contribution in [-0.4, -0.2) is 28.6 Å². The largest absolute Gasteiger partial charge is 0.481 e. The van der Waals surface area contributed by atoms with Gasteiger partial charge in [0.2, 0.25) is 5.88 Å². The molecule has 0 spiro atoms. The summed E-state index contributed by atoms with van der Waals surface area (Å²) in [7, 11) is 1.44. The molecule has 0 fully saturated rings. The van der Waals surface area contributed by atoms with E-state index in [1.165, 1.54) is 30.1 Å². The van der Waals surface area contributed by atoms with Gasteiger partial charge in [0.1, 0.15) is 0 Å². The molecule has 0 radical (unpaired) electrons. The third-order valence-corrected chi connectivity index (χ3v) is 2.81. The van der Waals surface area contributed by atoms with Crippen LogP contribution in [0.1, 0.15) is 11.1 Å². The van der Waals surface area contributed by atoms with Gasteiger partial charge in [-0.25, -0.2) is 4.68 Å². The van der Waals surface area contributed by atoms with Crippen molar-refractivity contribution in [2.24, 2.45) is 0 Å². The average Bonchev–Trinajstić information content (AvgIpc) is 2.81. The molecule has 1 heterocycles. The number of aliphatic hydroxyl groups is 1. The van der Waals surface area contributed by atoms with Gasteiger partial charge in [-0.15, -0.1) is 0 Å². The van der Waals surface area contributed by atoms with Gasteiger partial charge in [-0.2, -0.15) is 18.3 Å². The van der Waals surface area contributed by atoms with Crippen molar-refractivity contribution in [2.75, 3.05) is 13.7 Å². The van der Waals surface area contributed by atoms with E-state index >= 15 is 0 Å². The molecule has 1 N–H and O–H groups in total. The molecule has 0 saturated heterocycles. The Morgan fingerprint density at radius 3 is 2.40 bits per heavy atom. The summed E-state index contributed by atoms with van der Waals surface area (Å²) in [5.41, 5.74) is 0.428. The van der Waals surface area contributed by atoms with Crippen molar-refractivity contribution < 1.29 is 23.0 Å². The second-order valence-corrected chi connectivity index (χ2v) is 4.11. The maximum absolute atomic E-state index is 12.5. The Balaban J connectivity index is 2.37. The minimum Gasteiger partial charge on any atom is -0.481 e. The molecule has 4 nitrogen and oxygen atoms in total. The molecule has 0 aliphatic heterocycles. The van der Waals surface area contributed by atoms with Gasteiger partial charge in [0.15, 0.2) is 0 Å². The van der Waals surface area contributed by atoms with E-state index in [1.54, 1.807) is 0 Å². The summed E-state index contributed by atoms with van der Waals surface area (Å²) in [6.07, 6.45) is -2.48. The fourth-order valence-electron chi connectivity index (χ4n) is 1.86. The number of aromatic nitrogens is 2. The first kappa shape index (κ1) is 14.4. The number of rotatable bonds is 4. The molecule has 2 aromatic rings. The molecular formula is C13H13F3N2O2. The first-order valence-electron chi connectivity index (χ1n) is 5.86. The summed E-state index contributed by atoms with van der Waals surface area (Å²) in [6, 6.07) is 4.62. The Labute approximate surface area is 113 Å². The quantitative estimate of drug-likeness (QED) is 0.939. The van der Waals surface area contributed by atoms with Gasteiger partial charge < -0.3 is 9.84 Å². The minimum atomic E-state index is -4.37. The van der Waals surface area contributed by atoms with E-state index in [0.29, 0.717) is 23.6 Å². The van der Waals surface area contributed by atoms with Crippen molar-refractivity contribution >= 4 is 0 Å². The first-order chi connectivity index (χ1) is 9.47. The Morgan fingerprint density at radius 1 is 1.25 bits per heavy atom. The molecule has 20 heavy (non-hydrogen) atoms. The molecule has 108 valence electrons. The molecule has 0 amide bonds. The molecule has 1 aromatic carbocycles. The van der Waals surface area contributed by atoms with Crippen molar-refractivity contribution in [1.29, 1.82) is 0 Å². The summed E-state index contributed by atoms with van der Waals surface area (Å²) in [4.78, 5) is 0. The summed E-state index contributed by atoms with van der Waals surface area (Å²) in [5, 5.41) is 13.0. The zero-order valence-corrected chi connectivity index (χ0v) is 10.7. The van der Waals surface area contributed by atoms with Gasteiger partial charge in [-0.1, -0.05) is 0 Å². The van der Waals surface area contributed by atoms with Crippen LogP contribution in [0.25, 0.3) is 5.69 Å². The highest BCUT2D eigenvalue weighted by Gasteiger charge is 2.30. The van der Waals surface area contributed by atoms with E-state index in [4.69, 9.17) is 9.84 Å². The fraction of sp³-hybridized carbons (Fsp3) is 0.308. The molecule has 0 saturated carbocycles. The third-order valence-electron chi connectivity index (χ3n) is 2.81. The smallest absolute Gasteiger partial charge is 0.416 e. The fourth-order valence-corrected chi connectivity index (χ4v) is 1.86. The van der Waals surface area contributed by atoms with E-state index in [9.17, 15) is 13.2 Å². The lowest BCUT2D eigenvalue weighted by molar-refractivity contribution is -0.137. The number of aliphatic hydroxyl groups excluding tert-OH is 1. The van der Waals surface area contributed by atoms with Gasteiger partial charge in [-0.3, -0.25) is 0 Å². The summed E-state index contributed by atoms with van der Waals surface area (Å²) in [6.45, 7) is -0.0605. The van der Waals surface area contributed by atoms with Gasteiger partial charge in [-0.05, 0) is 24.3 Å². The van der Waals surface area contributed by atoms with Crippen LogP contribution < -0.4 is 4.74 Å². The predicted octanol–water partition coefficient (Wildman–Crippen LogP) is 2.43. The standard InChI is InChI=1S/C13H13F3N2O2/c1-20-12-9(6-7-19)8-17-18(12)11-4-2-10(3-5-11)13(14,15)16/h2-5,8,19H,6-7H2,1H3. The van der Waals surface area contributed by atoms with Crippen molar-refractivity contribution in [2.45, 2.75) is 12.6 Å². The van der Waals surface area contributed by atoms with Crippen molar-refractivity contribution in [3.8, 4) is 11.6 Å². The summed E-state index contributed by atoms with van der Waals surface area (Å²) < 4.78 is 44.1. The SMILES string of the molecule is COc1c(CCO)cnn1-c1ccc(C(F)(F)F)cc1. The second kappa shape index (κ2) is 5.54. The zero-order chi connectivity index (χ0) is 14.8. The number of ether oxygens (including phenoxy) is 1. The molecule has 1 aromatic heterocycles. The molecule has 0 atom stereocenters. The number of methoxy groups -OCH3 is 1. The van der Waals surface area contributed by atoms with Crippen LogP contribution in [0.5, 0.6) is 5.88 Å². The van der Waals surface area contributed by atoms with E-state index < -0.39 is 11.7 Å². The number of halogens is 3. The van der Waals surface area contributed by atoms with Crippen LogP contribution in [-0.2, 0) is 12.6 Å². The van der Waals surface area contributed by atoms with Gasteiger partial charge in [0, 0.05) is 18.6 Å². The lowest BCUT2D eigenvalue weighted by Gasteiger charge is -2.10. The molecule has 2 rings (SSSR count). The Bertz CT molecular complexity index is 576. The number of alkyl halides is 3. The maximum atomic E-state index is 12.5. The lowest BCUT2D eigenvalue weighted by atomic mass is 10.2. The zero-order valence-electron chi connectivity index (χ0n) is 10.7. The van der Waals surface area contributed by atoms with Crippen LogP contribution in [0, 0.1) is 0 Å².